The van der Waals surface area contributed by atoms with E-state index in [-0.39, 0.29) is 5.69 Å². The van der Waals surface area contributed by atoms with Crippen molar-refractivity contribution in [3.63, 3.8) is 0 Å². The third-order valence-corrected chi connectivity index (χ3v) is 2.64. The van der Waals surface area contributed by atoms with Crippen molar-refractivity contribution in [3.05, 3.63) is 34.7 Å². The number of imidazole rings is 1. The maximum atomic E-state index is 12.5. The molecule has 3 nitrogen and oxygen atoms in total. The van der Waals surface area contributed by atoms with Gasteiger partial charge < -0.3 is 10.1 Å². The molecule has 0 spiro atoms. The maximum absolute atomic E-state index is 12.5. The highest BCUT2D eigenvalue weighted by molar-refractivity contribution is 9.10. The van der Waals surface area contributed by atoms with Gasteiger partial charge in [-0.3, -0.25) is 0 Å². The molecule has 0 aromatic carbocycles. The van der Waals surface area contributed by atoms with E-state index < -0.39 is 12.2 Å². The average Bonchev–Trinajstić information content (AvgIpc) is 2.57. The first-order valence-corrected chi connectivity index (χ1v) is 5.13. The number of nitrogens with zero attached hydrogens (tertiary/aromatic N) is 2. The second kappa shape index (κ2) is 3.74. The van der Waals surface area contributed by atoms with Gasteiger partial charge in [-0.05, 0) is 28.1 Å². The molecule has 0 amide bonds. The van der Waals surface area contributed by atoms with E-state index in [0.717, 1.165) is 6.20 Å². The zero-order chi connectivity index (χ0) is 11.9. The summed E-state index contributed by atoms with van der Waals surface area (Å²) in [5.41, 5.74) is 5.48. The Hall–Kier alpha value is -1.08. The molecule has 2 aromatic heterocycles. The highest BCUT2D eigenvalue weighted by Crippen LogP contribution is 2.31. The standard InChI is InChI=1S/C9H7BrF3N3/c10-5-1-2-7-15-3-6(16(7)4-5)8(14)9(11,12)13/h1-4,8H,14H2. The Labute approximate surface area is 97.2 Å². The third-order valence-electron chi connectivity index (χ3n) is 2.17. The van der Waals surface area contributed by atoms with Gasteiger partial charge in [-0.2, -0.15) is 13.2 Å². The van der Waals surface area contributed by atoms with E-state index in [0.29, 0.717) is 10.1 Å². The van der Waals surface area contributed by atoms with E-state index in [2.05, 4.69) is 20.9 Å². The number of aromatic nitrogens is 2. The third kappa shape index (κ3) is 1.92. The number of hydrogen-bond donors (Lipinski definition) is 1. The number of alkyl halides is 3. The molecule has 1 atom stereocenters. The van der Waals surface area contributed by atoms with Crippen LogP contribution >= 0.6 is 15.9 Å². The van der Waals surface area contributed by atoms with Crippen LogP contribution in [0.15, 0.2) is 29.0 Å². The molecule has 2 N–H and O–H groups in total. The molecule has 86 valence electrons. The van der Waals surface area contributed by atoms with Crippen molar-refractivity contribution in [3.8, 4) is 0 Å². The van der Waals surface area contributed by atoms with Gasteiger partial charge in [-0.15, -0.1) is 0 Å². The van der Waals surface area contributed by atoms with Crippen LogP contribution in [0.1, 0.15) is 11.7 Å². The van der Waals surface area contributed by atoms with E-state index in [1.807, 2.05) is 0 Å². The lowest BCUT2D eigenvalue weighted by molar-refractivity contribution is -0.150. The molecular weight excluding hydrogens is 287 g/mol. The van der Waals surface area contributed by atoms with Gasteiger partial charge in [0.2, 0.25) is 0 Å². The van der Waals surface area contributed by atoms with Crippen LogP contribution in [-0.2, 0) is 0 Å². The lowest BCUT2D eigenvalue weighted by atomic mass is 10.2. The number of rotatable bonds is 1. The van der Waals surface area contributed by atoms with Crippen molar-refractivity contribution in [1.82, 2.24) is 9.38 Å². The first-order valence-electron chi connectivity index (χ1n) is 4.34. The fourth-order valence-electron chi connectivity index (χ4n) is 1.37. The van der Waals surface area contributed by atoms with Crippen LogP contribution in [0.2, 0.25) is 0 Å². The fourth-order valence-corrected chi connectivity index (χ4v) is 1.71. The molecule has 0 aliphatic rings. The summed E-state index contributed by atoms with van der Waals surface area (Å²) in [7, 11) is 0. The predicted molar refractivity (Wildman–Crippen MR) is 55.9 cm³/mol. The van der Waals surface area contributed by atoms with Gasteiger partial charge in [0.05, 0.1) is 11.9 Å². The van der Waals surface area contributed by atoms with Crippen molar-refractivity contribution in [1.29, 1.82) is 0 Å². The van der Waals surface area contributed by atoms with Crippen molar-refractivity contribution in [2.45, 2.75) is 12.2 Å². The number of pyridine rings is 1. The molecule has 7 heteroatoms. The van der Waals surface area contributed by atoms with Gasteiger partial charge in [0, 0.05) is 10.7 Å². The minimum Gasteiger partial charge on any atom is -0.315 e. The van der Waals surface area contributed by atoms with E-state index in [4.69, 9.17) is 5.73 Å². The molecule has 2 aromatic rings. The van der Waals surface area contributed by atoms with Crippen LogP contribution in [0.3, 0.4) is 0 Å². The Morgan fingerprint density at radius 1 is 1.38 bits per heavy atom. The summed E-state index contributed by atoms with van der Waals surface area (Å²) >= 11 is 3.18. The number of fused-ring (bicyclic) bond motifs is 1. The Kier molecular flexibility index (Phi) is 2.67. The Balaban J connectivity index is 2.57. The quantitative estimate of drug-likeness (QED) is 0.878. The first-order chi connectivity index (χ1) is 7.39. The number of hydrogen-bond acceptors (Lipinski definition) is 2. The summed E-state index contributed by atoms with van der Waals surface area (Å²) in [6.07, 6.45) is -1.83. The topological polar surface area (TPSA) is 43.3 Å². The van der Waals surface area contributed by atoms with Crippen molar-refractivity contribution in [2.75, 3.05) is 0 Å². The minimum atomic E-state index is -4.47. The monoisotopic (exact) mass is 293 g/mol. The van der Waals surface area contributed by atoms with E-state index >= 15 is 0 Å². The molecule has 0 radical (unpaired) electrons. The Morgan fingerprint density at radius 2 is 2.06 bits per heavy atom. The van der Waals surface area contributed by atoms with Crippen LogP contribution < -0.4 is 5.73 Å². The minimum absolute atomic E-state index is 0.0798. The Bertz CT molecular complexity index is 520. The summed E-state index contributed by atoms with van der Waals surface area (Å²) in [4.78, 5) is 3.86. The normalized spacial score (nSPS) is 14.3. The molecule has 0 aliphatic heterocycles. The van der Waals surface area contributed by atoms with Gasteiger partial charge in [0.1, 0.15) is 11.7 Å². The summed E-state index contributed by atoms with van der Waals surface area (Å²) in [5.74, 6) is 0. The van der Waals surface area contributed by atoms with Gasteiger partial charge in [0.15, 0.2) is 0 Å². The molecule has 16 heavy (non-hydrogen) atoms. The second-order valence-electron chi connectivity index (χ2n) is 3.28. The summed E-state index contributed by atoms with van der Waals surface area (Å²) in [6, 6.07) is 1.28. The van der Waals surface area contributed by atoms with Crippen LogP contribution in [0.25, 0.3) is 5.65 Å². The molecule has 0 aliphatic carbocycles. The van der Waals surface area contributed by atoms with Gasteiger partial charge in [-0.25, -0.2) is 4.98 Å². The van der Waals surface area contributed by atoms with Crippen molar-refractivity contribution < 1.29 is 13.2 Å². The smallest absolute Gasteiger partial charge is 0.315 e. The van der Waals surface area contributed by atoms with Crippen LogP contribution in [0.4, 0.5) is 13.2 Å². The lowest BCUT2D eigenvalue weighted by Crippen LogP contribution is -2.29. The van der Waals surface area contributed by atoms with Crippen molar-refractivity contribution >= 4 is 21.6 Å². The first kappa shape index (κ1) is 11.4. The van der Waals surface area contributed by atoms with Gasteiger partial charge in [-0.1, -0.05) is 0 Å². The Morgan fingerprint density at radius 3 is 2.69 bits per heavy atom. The fraction of sp³-hybridized carbons (Fsp3) is 0.222. The van der Waals surface area contributed by atoms with E-state index in [1.165, 1.54) is 10.6 Å². The van der Waals surface area contributed by atoms with Crippen molar-refractivity contribution in [2.24, 2.45) is 5.73 Å². The number of halogens is 4. The summed E-state index contributed by atoms with van der Waals surface area (Å²) in [5, 5.41) is 0. The van der Waals surface area contributed by atoms with Gasteiger partial charge >= 0.3 is 6.18 Å². The van der Waals surface area contributed by atoms with Crippen LogP contribution in [0.5, 0.6) is 0 Å². The van der Waals surface area contributed by atoms with Crippen LogP contribution in [0, 0.1) is 0 Å². The SMILES string of the molecule is NC(c1cnc2ccc(Br)cn12)C(F)(F)F. The van der Waals surface area contributed by atoms with E-state index in [9.17, 15) is 13.2 Å². The molecule has 0 saturated heterocycles. The maximum Gasteiger partial charge on any atom is 0.409 e. The molecule has 0 bridgehead atoms. The predicted octanol–water partition coefficient (Wildman–Crippen LogP) is 2.66. The zero-order valence-corrected chi connectivity index (χ0v) is 9.46. The number of nitrogens with two attached hydrogens (primary N) is 1. The zero-order valence-electron chi connectivity index (χ0n) is 7.87. The van der Waals surface area contributed by atoms with E-state index in [1.54, 1.807) is 12.1 Å². The largest absolute Gasteiger partial charge is 0.409 e. The molecular formula is C9H7BrF3N3. The molecule has 0 fully saturated rings. The molecule has 1 unspecified atom stereocenters. The van der Waals surface area contributed by atoms with Gasteiger partial charge in [0.25, 0.3) is 0 Å². The second-order valence-corrected chi connectivity index (χ2v) is 4.19. The molecule has 2 rings (SSSR count). The summed E-state index contributed by atoms with van der Waals surface area (Å²) < 4.78 is 39.4. The highest BCUT2D eigenvalue weighted by Gasteiger charge is 2.39. The average molecular weight is 294 g/mol. The molecule has 2 heterocycles. The summed E-state index contributed by atoms with van der Waals surface area (Å²) in [6.45, 7) is 0. The lowest BCUT2D eigenvalue weighted by Gasteiger charge is -2.15. The van der Waals surface area contributed by atoms with Crippen LogP contribution in [-0.4, -0.2) is 15.6 Å². The molecule has 0 saturated carbocycles. The highest BCUT2D eigenvalue weighted by atomic mass is 79.9.